The third-order valence-electron chi connectivity index (χ3n) is 4.06. The molecule has 0 bridgehead atoms. The normalized spacial score (nSPS) is 17.6. The molecule has 3 rings (SSSR count). The number of rotatable bonds is 4. The molecule has 1 aromatic carbocycles. The van der Waals surface area contributed by atoms with Gasteiger partial charge in [-0.1, -0.05) is 11.6 Å². The molecule has 0 amide bonds. The highest BCUT2D eigenvalue weighted by molar-refractivity contribution is 6.30. The Labute approximate surface area is 135 Å². The van der Waals surface area contributed by atoms with Crippen LogP contribution in [-0.2, 0) is 0 Å². The highest BCUT2D eigenvalue weighted by atomic mass is 35.5. The number of aromatic nitrogens is 1. The molecule has 0 N–H and O–H groups in total. The van der Waals surface area contributed by atoms with E-state index in [4.69, 9.17) is 21.1 Å². The van der Waals surface area contributed by atoms with Gasteiger partial charge < -0.3 is 14.4 Å². The smallest absolute Gasteiger partial charge is 0.129 e. The summed E-state index contributed by atoms with van der Waals surface area (Å²) in [6, 6.07) is 10.1. The van der Waals surface area contributed by atoms with Crippen LogP contribution < -0.4 is 14.4 Å². The highest BCUT2D eigenvalue weighted by Crippen LogP contribution is 2.40. The zero-order valence-electron chi connectivity index (χ0n) is 12.8. The van der Waals surface area contributed by atoms with E-state index in [1.165, 1.54) is 0 Å². The third-order valence-corrected chi connectivity index (χ3v) is 4.28. The van der Waals surface area contributed by atoms with Crippen molar-refractivity contribution in [3.63, 3.8) is 0 Å². The SMILES string of the molecule is COc1ccc(C2CCCN2c2ccc(Cl)cn2)c(OC)c1. The van der Waals surface area contributed by atoms with Gasteiger partial charge in [0.25, 0.3) is 0 Å². The summed E-state index contributed by atoms with van der Waals surface area (Å²) in [7, 11) is 3.35. The maximum Gasteiger partial charge on any atom is 0.129 e. The van der Waals surface area contributed by atoms with E-state index < -0.39 is 0 Å². The van der Waals surface area contributed by atoms with E-state index in [2.05, 4.69) is 16.0 Å². The van der Waals surface area contributed by atoms with Crippen LogP contribution in [0.15, 0.2) is 36.5 Å². The van der Waals surface area contributed by atoms with Crippen LogP contribution in [0.2, 0.25) is 5.02 Å². The molecule has 1 aromatic heterocycles. The maximum absolute atomic E-state index is 5.94. The molecule has 0 spiro atoms. The Morgan fingerprint density at radius 1 is 1.18 bits per heavy atom. The fourth-order valence-corrected chi connectivity index (χ4v) is 3.11. The monoisotopic (exact) mass is 318 g/mol. The first-order valence-electron chi connectivity index (χ1n) is 7.33. The molecular formula is C17H19ClN2O2. The van der Waals surface area contributed by atoms with Gasteiger partial charge in [0.15, 0.2) is 0 Å². The molecule has 0 aliphatic carbocycles. The Balaban J connectivity index is 1.94. The molecule has 2 heterocycles. The minimum Gasteiger partial charge on any atom is -0.497 e. The topological polar surface area (TPSA) is 34.6 Å². The van der Waals surface area contributed by atoms with Crippen molar-refractivity contribution in [3.05, 3.63) is 47.1 Å². The molecule has 1 saturated heterocycles. The first-order chi connectivity index (χ1) is 10.7. The summed E-state index contributed by atoms with van der Waals surface area (Å²) >= 11 is 5.94. The quantitative estimate of drug-likeness (QED) is 0.850. The molecule has 1 aliphatic heterocycles. The highest BCUT2D eigenvalue weighted by Gasteiger charge is 2.29. The molecule has 5 heteroatoms. The fraction of sp³-hybridized carbons (Fsp3) is 0.353. The molecule has 1 atom stereocenters. The van der Waals surface area contributed by atoms with Crippen LogP contribution in [0.25, 0.3) is 0 Å². The lowest BCUT2D eigenvalue weighted by molar-refractivity contribution is 0.388. The largest absolute Gasteiger partial charge is 0.497 e. The minimum atomic E-state index is 0.259. The van der Waals surface area contributed by atoms with Crippen LogP contribution in [-0.4, -0.2) is 25.7 Å². The van der Waals surface area contributed by atoms with Crippen molar-refractivity contribution in [1.29, 1.82) is 0 Å². The zero-order chi connectivity index (χ0) is 15.5. The summed E-state index contributed by atoms with van der Waals surface area (Å²) in [6.07, 6.45) is 3.90. The summed E-state index contributed by atoms with van der Waals surface area (Å²) in [6.45, 7) is 0.981. The Morgan fingerprint density at radius 2 is 2.05 bits per heavy atom. The predicted molar refractivity (Wildman–Crippen MR) is 88.1 cm³/mol. The second-order valence-corrected chi connectivity index (χ2v) is 5.73. The van der Waals surface area contributed by atoms with Crippen LogP contribution in [0.4, 0.5) is 5.82 Å². The average Bonchev–Trinajstić information content (AvgIpc) is 3.04. The van der Waals surface area contributed by atoms with E-state index in [9.17, 15) is 0 Å². The Hall–Kier alpha value is -1.94. The minimum absolute atomic E-state index is 0.259. The van der Waals surface area contributed by atoms with Crippen LogP contribution >= 0.6 is 11.6 Å². The molecule has 1 fully saturated rings. The summed E-state index contributed by atoms with van der Waals surface area (Å²) in [5, 5.41) is 0.654. The van der Waals surface area contributed by atoms with Crippen molar-refractivity contribution in [2.45, 2.75) is 18.9 Å². The van der Waals surface area contributed by atoms with Gasteiger partial charge in [-0.2, -0.15) is 0 Å². The summed E-state index contributed by atoms with van der Waals surface area (Å²) in [5.74, 6) is 2.60. The third kappa shape index (κ3) is 2.83. The number of benzene rings is 1. The predicted octanol–water partition coefficient (Wildman–Crippen LogP) is 4.09. The first kappa shape index (κ1) is 15.0. The van der Waals surface area contributed by atoms with Crippen molar-refractivity contribution in [1.82, 2.24) is 4.98 Å². The second kappa shape index (κ2) is 6.44. The van der Waals surface area contributed by atoms with Crippen molar-refractivity contribution >= 4 is 17.4 Å². The van der Waals surface area contributed by atoms with E-state index in [1.54, 1.807) is 20.4 Å². The van der Waals surface area contributed by atoms with Crippen molar-refractivity contribution in [3.8, 4) is 11.5 Å². The number of hydrogen-bond acceptors (Lipinski definition) is 4. The van der Waals surface area contributed by atoms with Crippen molar-refractivity contribution in [2.75, 3.05) is 25.7 Å². The van der Waals surface area contributed by atoms with Crippen molar-refractivity contribution in [2.24, 2.45) is 0 Å². The number of methoxy groups -OCH3 is 2. The van der Waals surface area contributed by atoms with E-state index >= 15 is 0 Å². The molecule has 22 heavy (non-hydrogen) atoms. The number of hydrogen-bond donors (Lipinski definition) is 0. The van der Waals surface area contributed by atoms with Gasteiger partial charge in [0.05, 0.1) is 25.3 Å². The molecule has 1 unspecified atom stereocenters. The summed E-state index contributed by atoms with van der Waals surface area (Å²) < 4.78 is 10.8. The molecule has 1 aliphatic rings. The summed E-state index contributed by atoms with van der Waals surface area (Å²) in [5.41, 5.74) is 1.16. The van der Waals surface area contributed by atoms with E-state index in [1.807, 2.05) is 24.3 Å². The van der Waals surface area contributed by atoms with Crippen LogP contribution in [0.3, 0.4) is 0 Å². The second-order valence-electron chi connectivity index (χ2n) is 5.29. The van der Waals surface area contributed by atoms with Gasteiger partial charge in [0.2, 0.25) is 0 Å². The lowest BCUT2D eigenvalue weighted by atomic mass is 10.0. The van der Waals surface area contributed by atoms with Gasteiger partial charge >= 0.3 is 0 Å². The van der Waals surface area contributed by atoms with E-state index in [-0.39, 0.29) is 6.04 Å². The lowest BCUT2D eigenvalue weighted by Gasteiger charge is -2.27. The Morgan fingerprint density at radius 3 is 2.73 bits per heavy atom. The first-order valence-corrected chi connectivity index (χ1v) is 7.71. The molecule has 2 aromatic rings. The van der Waals surface area contributed by atoms with Gasteiger partial charge in [-0.3, -0.25) is 0 Å². The van der Waals surface area contributed by atoms with E-state index in [0.717, 1.165) is 42.3 Å². The van der Waals surface area contributed by atoms with Crippen molar-refractivity contribution < 1.29 is 9.47 Å². The number of ether oxygens (including phenoxy) is 2. The van der Waals surface area contributed by atoms with Gasteiger partial charge in [-0.05, 0) is 37.1 Å². The van der Waals surface area contributed by atoms with Gasteiger partial charge in [-0.15, -0.1) is 0 Å². The van der Waals surface area contributed by atoms with Crippen LogP contribution in [0, 0.1) is 0 Å². The summed E-state index contributed by atoms with van der Waals surface area (Å²) in [4.78, 5) is 6.76. The van der Waals surface area contributed by atoms with Gasteiger partial charge in [-0.25, -0.2) is 4.98 Å². The number of pyridine rings is 1. The zero-order valence-corrected chi connectivity index (χ0v) is 13.5. The number of halogens is 1. The lowest BCUT2D eigenvalue weighted by Crippen LogP contribution is -2.23. The molecular weight excluding hydrogens is 300 g/mol. The molecule has 116 valence electrons. The molecule has 0 saturated carbocycles. The van der Waals surface area contributed by atoms with E-state index in [0.29, 0.717) is 5.02 Å². The van der Waals surface area contributed by atoms with Gasteiger partial charge in [0, 0.05) is 24.4 Å². The van der Waals surface area contributed by atoms with Crippen LogP contribution in [0.1, 0.15) is 24.4 Å². The average molecular weight is 319 g/mol. The number of anilines is 1. The van der Waals surface area contributed by atoms with Crippen LogP contribution in [0.5, 0.6) is 11.5 Å². The van der Waals surface area contributed by atoms with Gasteiger partial charge in [0.1, 0.15) is 17.3 Å². The number of nitrogens with zero attached hydrogens (tertiary/aromatic N) is 2. The fourth-order valence-electron chi connectivity index (χ4n) is 3.00. The standard InChI is InChI=1S/C17H19ClN2O2/c1-21-13-6-7-14(16(10-13)22-2)15-4-3-9-20(15)17-8-5-12(18)11-19-17/h5-8,10-11,15H,3-4,9H2,1-2H3. The Kier molecular flexibility index (Phi) is 4.39. The molecule has 0 radical (unpaired) electrons. The molecule has 4 nitrogen and oxygen atoms in total. The maximum atomic E-state index is 5.94. The Bertz CT molecular complexity index is 646.